The molecule has 0 spiro atoms. The molecule has 3 N–H and O–H groups in total. The Morgan fingerprint density at radius 1 is 0.976 bits per heavy atom. The first-order valence-corrected chi connectivity index (χ1v) is 13.9. The van der Waals surface area contributed by atoms with Crippen molar-refractivity contribution in [1.82, 2.24) is 15.2 Å². The molecule has 42 heavy (non-hydrogen) atoms. The van der Waals surface area contributed by atoms with E-state index in [0.717, 1.165) is 36.2 Å². The van der Waals surface area contributed by atoms with Crippen LogP contribution in [0.3, 0.4) is 0 Å². The van der Waals surface area contributed by atoms with Gasteiger partial charge in [-0.05, 0) is 54.9 Å². The fraction of sp³-hybridized carbons (Fsp3) is 0.281. The molecule has 0 saturated heterocycles. The molecule has 0 aliphatic rings. The van der Waals surface area contributed by atoms with Gasteiger partial charge in [-0.2, -0.15) is 0 Å². The van der Waals surface area contributed by atoms with Gasteiger partial charge in [0.2, 0.25) is 0 Å². The minimum Gasteiger partial charge on any atom is -0.496 e. The van der Waals surface area contributed by atoms with Gasteiger partial charge in [0.1, 0.15) is 11.9 Å². The molecule has 1 atom stereocenters. The monoisotopic (exact) mass is 571 g/mol. The highest BCUT2D eigenvalue weighted by Gasteiger charge is 2.19. The lowest BCUT2D eigenvalue weighted by Crippen LogP contribution is -2.33. The molecule has 4 rings (SSSR count). The summed E-state index contributed by atoms with van der Waals surface area (Å²) in [4.78, 5) is 31.7. The van der Waals surface area contributed by atoms with Crippen molar-refractivity contribution in [3.8, 4) is 17.1 Å². The first kappa shape index (κ1) is 30.1. The van der Waals surface area contributed by atoms with E-state index in [1.165, 1.54) is 6.39 Å². The number of nitrogens with one attached hydrogen (secondary N) is 3. The molecule has 0 aliphatic heterocycles. The van der Waals surface area contributed by atoms with Gasteiger partial charge in [0, 0.05) is 30.5 Å². The largest absolute Gasteiger partial charge is 0.496 e. The van der Waals surface area contributed by atoms with Crippen LogP contribution in [0.2, 0.25) is 0 Å². The Balaban J connectivity index is 1.33. The highest BCUT2D eigenvalue weighted by molar-refractivity contribution is 6.00. The van der Waals surface area contributed by atoms with E-state index in [2.05, 4.69) is 39.7 Å². The molecule has 1 unspecified atom stereocenters. The predicted octanol–water partition coefficient (Wildman–Crippen LogP) is 6.69. The van der Waals surface area contributed by atoms with Gasteiger partial charge < -0.3 is 29.8 Å². The normalized spacial score (nSPS) is 11.5. The molecule has 10 heteroatoms. The molecule has 10 nitrogen and oxygen atoms in total. The number of likely N-dealkylation sites (N-methyl/N-ethyl adjacent to an activating group) is 1. The Hall–Kier alpha value is -4.83. The number of oxazole rings is 1. The van der Waals surface area contributed by atoms with Gasteiger partial charge in [0.25, 0.3) is 0 Å². The number of hydrogen-bond donors (Lipinski definition) is 3. The molecule has 0 saturated carbocycles. The number of anilines is 2. The summed E-state index contributed by atoms with van der Waals surface area (Å²) in [6, 6.07) is 21.8. The quantitative estimate of drug-likeness (QED) is 0.164. The van der Waals surface area contributed by atoms with Gasteiger partial charge in [-0.15, -0.1) is 0 Å². The number of alkyl carbamates (subject to hydrolysis) is 1. The van der Waals surface area contributed by atoms with Crippen molar-refractivity contribution in [3.63, 3.8) is 0 Å². The lowest BCUT2D eigenvalue weighted by molar-refractivity contribution is 0.0703. The highest BCUT2D eigenvalue weighted by Crippen LogP contribution is 2.32. The van der Waals surface area contributed by atoms with Gasteiger partial charge in [0.15, 0.2) is 12.2 Å². The number of ether oxygens (including phenoxy) is 2. The number of urea groups is 1. The van der Waals surface area contributed by atoms with E-state index >= 15 is 0 Å². The molecule has 0 bridgehead atoms. The summed E-state index contributed by atoms with van der Waals surface area (Å²) in [6.45, 7) is 6.90. The topological polar surface area (TPSA) is 118 Å². The van der Waals surface area contributed by atoms with Crippen LogP contribution in [0.1, 0.15) is 37.5 Å². The van der Waals surface area contributed by atoms with E-state index in [1.54, 1.807) is 43.6 Å². The molecule has 1 heterocycles. The molecular weight excluding hydrogens is 534 g/mol. The van der Waals surface area contributed by atoms with Crippen molar-refractivity contribution in [3.05, 3.63) is 96.5 Å². The fourth-order valence-corrected chi connectivity index (χ4v) is 4.53. The summed E-state index contributed by atoms with van der Waals surface area (Å²) >= 11 is 0. The number of carbonyl (C=O) groups is 2. The lowest BCUT2D eigenvalue weighted by atomic mass is 10.1. The number of methoxy groups -OCH3 is 1. The van der Waals surface area contributed by atoms with Crippen LogP contribution < -0.4 is 20.7 Å². The third-order valence-electron chi connectivity index (χ3n) is 6.61. The molecule has 4 aromatic rings. The summed E-state index contributed by atoms with van der Waals surface area (Å²) in [5, 5.41) is 8.46. The molecule has 1 aromatic heterocycles. The second kappa shape index (κ2) is 15.2. The predicted molar refractivity (Wildman–Crippen MR) is 162 cm³/mol. The van der Waals surface area contributed by atoms with Gasteiger partial charge in [-0.25, -0.2) is 14.6 Å². The third kappa shape index (κ3) is 8.58. The molecule has 0 aliphatic carbocycles. The van der Waals surface area contributed by atoms with Crippen LogP contribution in [-0.4, -0.2) is 48.8 Å². The van der Waals surface area contributed by atoms with Crippen LogP contribution in [0.25, 0.3) is 11.3 Å². The SMILES string of the molecule is CCCN(CC)CC(OC(=O)NCc1cccc(NC(=O)Nc2ccc(-c3cnco3)c(OC)c2)c1)c1ccccc1. The zero-order valence-corrected chi connectivity index (χ0v) is 24.1. The Morgan fingerprint density at radius 3 is 2.45 bits per heavy atom. The van der Waals surface area contributed by atoms with Gasteiger partial charge >= 0.3 is 12.1 Å². The Labute approximate surface area is 246 Å². The summed E-state index contributed by atoms with van der Waals surface area (Å²) in [5.74, 6) is 1.10. The van der Waals surface area contributed by atoms with Crippen LogP contribution in [0.4, 0.5) is 21.0 Å². The van der Waals surface area contributed by atoms with Crippen molar-refractivity contribution < 1.29 is 23.5 Å². The van der Waals surface area contributed by atoms with E-state index in [4.69, 9.17) is 13.9 Å². The van der Waals surface area contributed by atoms with Crippen molar-refractivity contribution in [2.75, 3.05) is 37.4 Å². The Bertz CT molecular complexity index is 1430. The Morgan fingerprint density at radius 2 is 1.76 bits per heavy atom. The fourth-order valence-electron chi connectivity index (χ4n) is 4.53. The molecule has 0 fully saturated rings. The zero-order valence-electron chi connectivity index (χ0n) is 24.1. The van der Waals surface area contributed by atoms with Gasteiger partial charge in [-0.3, -0.25) is 4.90 Å². The minimum absolute atomic E-state index is 0.240. The number of benzene rings is 3. The molecule has 3 aromatic carbocycles. The van der Waals surface area contributed by atoms with Crippen LogP contribution >= 0.6 is 0 Å². The van der Waals surface area contributed by atoms with Gasteiger partial charge in [0.05, 0.1) is 18.9 Å². The summed E-state index contributed by atoms with van der Waals surface area (Å²) < 4.78 is 16.7. The van der Waals surface area contributed by atoms with E-state index < -0.39 is 18.2 Å². The van der Waals surface area contributed by atoms with E-state index in [-0.39, 0.29) is 6.54 Å². The van der Waals surface area contributed by atoms with Crippen LogP contribution in [0, 0.1) is 0 Å². The number of amides is 3. The van der Waals surface area contributed by atoms with E-state index in [1.807, 2.05) is 42.5 Å². The molecule has 220 valence electrons. The van der Waals surface area contributed by atoms with E-state index in [0.29, 0.717) is 29.4 Å². The maximum atomic E-state index is 12.8. The number of hydrogen-bond acceptors (Lipinski definition) is 7. The second-order valence-corrected chi connectivity index (χ2v) is 9.61. The van der Waals surface area contributed by atoms with Crippen molar-refractivity contribution in [2.45, 2.75) is 32.9 Å². The zero-order chi connectivity index (χ0) is 29.7. The molecule has 3 amide bonds. The standard InChI is InChI=1S/C32H37N5O5/c1-4-16-37(5-2)21-30(24-11-7-6-8-12-24)42-32(39)34-19-23-10-9-13-25(17-23)35-31(38)36-26-14-15-27(28(18-26)40-3)29-20-33-22-41-29/h6-15,17-18,20,22,30H,4-5,16,19,21H2,1-3H3,(H,34,39)(H2,35,36,38). The molecular formula is C32H37N5O5. The number of aromatic nitrogens is 1. The molecule has 0 radical (unpaired) electrons. The number of rotatable bonds is 13. The van der Waals surface area contributed by atoms with Crippen molar-refractivity contribution in [2.24, 2.45) is 0 Å². The van der Waals surface area contributed by atoms with Crippen molar-refractivity contribution >= 4 is 23.5 Å². The van der Waals surface area contributed by atoms with Crippen LogP contribution in [-0.2, 0) is 11.3 Å². The maximum Gasteiger partial charge on any atom is 0.408 e. The second-order valence-electron chi connectivity index (χ2n) is 9.61. The van der Waals surface area contributed by atoms with Crippen LogP contribution in [0.5, 0.6) is 5.75 Å². The lowest BCUT2D eigenvalue weighted by Gasteiger charge is -2.26. The minimum atomic E-state index is -0.504. The van der Waals surface area contributed by atoms with E-state index in [9.17, 15) is 9.59 Å². The summed E-state index contributed by atoms with van der Waals surface area (Å²) in [5.41, 5.74) is 3.59. The van der Waals surface area contributed by atoms with Crippen molar-refractivity contribution in [1.29, 1.82) is 0 Å². The third-order valence-corrected chi connectivity index (χ3v) is 6.61. The Kier molecular flexibility index (Phi) is 10.9. The number of carbonyl (C=O) groups excluding carboxylic acids is 2. The average molecular weight is 572 g/mol. The maximum absolute atomic E-state index is 12.8. The average Bonchev–Trinajstić information content (AvgIpc) is 3.55. The summed E-state index contributed by atoms with van der Waals surface area (Å²) in [7, 11) is 1.54. The van der Waals surface area contributed by atoms with Crippen LogP contribution in [0.15, 0.2) is 89.8 Å². The number of nitrogens with zero attached hydrogens (tertiary/aromatic N) is 2. The van der Waals surface area contributed by atoms with Gasteiger partial charge in [-0.1, -0.05) is 56.3 Å². The highest BCUT2D eigenvalue weighted by atomic mass is 16.6. The smallest absolute Gasteiger partial charge is 0.408 e. The summed E-state index contributed by atoms with van der Waals surface area (Å²) in [6.07, 6.45) is 3.06. The first-order chi connectivity index (χ1) is 20.5. The first-order valence-electron chi connectivity index (χ1n) is 13.9.